The van der Waals surface area contributed by atoms with Crippen molar-refractivity contribution in [1.82, 2.24) is 15.1 Å². The quantitative estimate of drug-likeness (QED) is 0.771. The van der Waals surface area contributed by atoms with Crippen LogP contribution in [0.5, 0.6) is 0 Å². The van der Waals surface area contributed by atoms with E-state index in [1.54, 1.807) is 0 Å². The van der Waals surface area contributed by atoms with Gasteiger partial charge in [0.2, 0.25) is 11.0 Å². The van der Waals surface area contributed by atoms with Gasteiger partial charge in [0.05, 0.1) is 0 Å². The van der Waals surface area contributed by atoms with Crippen molar-refractivity contribution in [2.24, 2.45) is 5.92 Å². The van der Waals surface area contributed by atoms with E-state index in [-0.39, 0.29) is 5.91 Å². The molecule has 0 unspecified atom stereocenters. The number of hydrogen-bond donors (Lipinski definition) is 1. The minimum absolute atomic E-state index is 0.00740. The van der Waals surface area contributed by atoms with Crippen molar-refractivity contribution in [2.75, 3.05) is 43.4 Å². The molecule has 0 saturated carbocycles. The topological polar surface area (TPSA) is 61.4 Å². The molecule has 1 N–H and O–H groups in total. The normalized spacial score (nSPS) is 17.0. The number of hydrogen-bond acceptors (Lipinski definition) is 6. The lowest BCUT2D eigenvalue weighted by Crippen LogP contribution is -2.30. The fourth-order valence-corrected chi connectivity index (χ4v) is 4.00. The van der Waals surface area contributed by atoms with E-state index >= 15 is 0 Å². The third-order valence-corrected chi connectivity index (χ3v) is 5.70. The van der Waals surface area contributed by atoms with E-state index < -0.39 is 0 Å². The molecule has 7 heteroatoms. The maximum atomic E-state index is 12.1. The van der Waals surface area contributed by atoms with Crippen LogP contribution in [0, 0.1) is 5.92 Å². The summed E-state index contributed by atoms with van der Waals surface area (Å²) in [5, 5.41) is 12.4. The second-order valence-corrected chi connectivity index (χ2v) is 7.91. The minimum atomic E-state index is 0.00740. The van der Waals surface area contributed by atoms with Gasteiger partial charge < -0.3 is 15.1 Å². The fraction of sp³-hybridized carbons (Fsp3) is 0.526. The highest BCUT2D eigenvalue weighted by Gasteiger charge is 2.23. The monoisotopic (exact) mass is 373 g/mol. The minimum Gasteiger partial charge on any atom is -0.371 e. The Morgan fingerprint density at radius 3 is 2.88 bits per heavy atom. The Hall–Kier alpha value is -1.99. The highest BCUT2D eigenvalue weighted by Crippen LogP contribution is 2.24. The summed E-state index contributed by atoms with van der Waals surface area (Å²) in [7, 11) is 2.10. The standard InChI is InChI=1S/C19H27N5OS/c1-3-18-21-22-19(26-18)20-17(25)10-11-23(2)13-15-9-12-24(14-15)16-7-5-4-6-8-16/h4-8,15H,3,9-14H2,1-2H3,(H,20,22,25)/t15-/m1/s1. The van der Waals surface area contributed by atoms with Gasteiger partial charge in [0, 0.05) is 38.3 Å². The van der Waals surface area contributed by atoms with Gasteiger partial charge in [-0.05, 0) is 37.9 Å². The molecule has 1 aliphatic rings. The zero-order chi connectivity index (χ0) is 18.4. The van der Waals surface area contributed by atoms with Gasteiger partial charge in [-0.2, -0.15) is 0 Å². The second kappa shape index (κ2) is 9.09. The van der Waals surface area contributed by atoms with Crippen LogP contribution in [0.3, 0.4) is 0 Å². The highest BCUT2D eigenvalue weighted by atomic mass is 32.1. The first-order valence-electron chi connectivity index (χ1n) is 9.24. The van der Waals surface area contributed by atoms with Gasteiger partial charge >= 0.3 is 0 Å². The Labute approximate surface area is 159 Å². The lowest BCUT2D eigenvalue weighted by molar-refractivity contribution is -0.116. The van der Waals surface area contributed by atoms with Crippen molar-refractivity contribution in [1.29, 1.82) is 0 Å². The third-order valence-electron chi connectivity index (χ3n) is 4.71. The highest BCUT2D eigenvalue weighted by molar-refractivity contribution is 7.15. The maximum absolute atomic E-state index is 12.1. The smallest absolute Gasteiger partial charge is 0.227 e. The summed E-state index contributed by atoms with van der Waals surface area (Å²) in [6.45, 7) is 6.01. The summed E-state index contributed by atoms with van der Waals surface area (Å²) in [5.41, 5.74) is 1.31. The molecule has 1 aliphatic heterocycles. The lowest BCUT2D eigenvalue weighted by Gasteiger charge is -2.22. The van der Waals surface area contributed by atoms with Gasteiger partial charge in [0.15, 0.2) is 0 Å². The second-order valence-electron chi connectivity index (χ2n) is 6.85. The molecule has 1 aromatic carbocycles. The van der Waals surface area contributed by atoms with Crippen LogP contribution < -0.4 is 10.2 Å². The largest absolute Gasteiger partial charge is 0.371 e. The average Bonchev–Trinajstić information content (AvgIpc) is 3.30. The maximum Gasteiger partial charge on any atom is 0.227 e. The number of amides is 1. The van der Waals surface area contributed by atoms with Gasteiger partial charge in [-0.15, -0.1) is 10.2 Å². The molecule has 0 aliphatic carbocycles. The third kappa shape index (κ3) is 5.25. The first-order valence-corrected chi connectivity index (χ1v) is 10.1. The average molecular weight is 374 g/mol. The Kier molecular flexibility index (Phi) is 6.57. The van der Waals surface area contributed by atoms with E-state index in [1.165, 1.54) is 23.4 Å². The van der Waals surface area contributed by atoms with Gasteiger partial charge in [0.1, 0.15) is 5.01 Å². The molecule has 0 spiro atoms. The Balaban J connectivity index is 1.37. The van der Waals surface area contributed by atoms with Gasteiger partial charge in [-0.25, -0.2) is 0 Å². The van der Waals surface area contributed by atoms with E-state index in [4.69, 9.17) is 0 Å². The van der Waals surface area contributed by atoms with Crippen LogP contribution in [0.25, 0.3) is 0 Å². The van der Waals surface area contributed by atoms with Crippen LogP contribution in [-0.4, -0.2) is 54.2 Å². The number of aromatic nitrogens is 2. The summed E-state index contributed by atoms with van der Waals surface area (Å²) < 4.78 is 0. The molecule has 140 valence electrons. The Bertz CT molecular complexity index is 705. The van der Waals surface area contributed by atoms with Crippen molar-refractivity contribution in [3.05, 3.63) is 35.3 Å². The molecule has 1 atom stereocenters. The van der Waals surface area contributed by atoms with Gasteiger partial charge in [0.25, 0.3) is 0 Å². The Morgan fingerprint density at radius 2 is 2.15 bits per heavy atom. The van der Waals surface area contributed by atoms with Crippen molar-refractivity contribution < 1.29 is 4.79 Å². The predicted molar refractivity (Wildman–Crippen MR) is 107 cm³/mol. The van der Waals surface area contributed by atoms with Gasteiger partial charge in [-0.3, -0.25) is 4.79 Å². The van der Waals surface area contributed by atoms with Crippen molar-refractivity contribution in [3.8, 4) is 0 Å². The van der Waals surface area contributed by atoms with Crippen LogP contribution in [0.1, 0.15) is 24.8 Å². The number of nitrogens with one attached hydrogen (secondary N) is 1. The fourth-order valence-electron chi connectivity index (χ4n) is 3.31. The molecule has 1 fully saturated rings. The van der Waals surface area contributed by atoms with Crippen molar-refractivity contribution >= 4 is 28.1 Å². The molecule has 3 rings (SSSR count). The van der Waals surface area contributed by atoms with E-state index in [2.05, 4.69) is 62.7 Å². The van der Waals surface area contributed by atoms with E-state index in [0.29, 0.717) is 17.5 Å². The molecule has 1 amide bonds. The summed E-state index contributed by atoms with van der Waals surface area (Å²) >= 11 is 1.45. The van der Waals surface area contributed by atoms with Crippen LogP contribution in [-0.2, 0) is 11.2 Å². The first-order chi connectivity index (χ1) is 12.6. The molecular formula is C19H27N5OS. The molecule has 2 heterocycles. The first kappa shape index (κ1) is 18.8. The number of aryl methyl sites for hydroxylation is 1. The zero-order valence-electron chi connectivity index (χ0n) is 15.5. The number of nitrogens with zero attached hydrogens (tertiary/aromatic N) is 4. The lowest BCUT2D eigenvalue weighted by atomic mass is 10.1. The molecule has 0 radical (unpaired) electrons. The number of benzene rings is 1. The van der Waals surface area contributed by atoms with Crippen LogP contribution >= 0.6 is 11.3 Å². The molecule has 0 bridgehead atoms. The summed E-state index contributed by atoms with van der Waals surface area (Å²) in [6.07, 6.45) is 2.53. The molecule has 2 aromatic rings. The summed E-state index contributed by atoms with van der Waals surface area (Å²) in [5.74, 6) is 0.659. The van der Waals surface area contributed by atoms with Crippen LogP contribution in [0.2, 0.25) is 0 Å². The number of rotatable bonds is 8. The van der Waals surface area contributed by atoms with Crippen LogP contribution in [0.4, 0.5) is 10.8 Å². The SMILES string of the molecule is CCc1nnc(NC(=O)CCN(C)C[C@H]2CCN(c3ccccc3)C2)s1. The van der Waals surface area contributed by atoms with E-state index in [0.717, 1.165) is 37.6 Å². The number of para-hydroxylation sites is 1. The molecule has 1 aromatic heterocycles. The molecular weight excluding hydrogens is 346 g/mol. The van der Waals surface area contributed by atoms with Crippen LogP contribution in [0.15, 0.2) is 30.3 Å². The van der Waals surface area contributed by atoms with Crippen molar-refractivity contribution in [2.45, 2.75) is 26.2 Å². The van der Waals surface area contributed by atoms with E-state index in [1.807, 2.05) is 6.92 Å². The van der Waals surface area contributed by atoms with Gasteiger partial charge in [-0.1, -0.05) is 36.5 Å². The molecule has 1 saturated heterocycles. The number of carbonyl (C=O) groups is 1. The number of carbonyl (C=O) groups excluding carboxylic acids is 1. The molecule has 6 nitrogen and oxygen atoms in total. The Morgan fingerprint density at radius 1 is 1.35 bits per heavy atom. The predicted octanol–water partition coefficient (Wildman–Crippen LogP) is 2.89. The van der Waals surface area contributed by atoms with Crippen molar-refractivity contribution in [3.63, 3.8) is 0 Å². The molecule has 26 heavy (non-hydrogen) atoms. The zero-order valence-corrected chi connectivity index (χ0v) is 16.3. The summed E-state index contributed by atoms with van der Waals surface area (Å²) in [6, 6.07) is 10.6. The number of anilines is 2. The van der Waals surface area contributed by atoms with E-state index in [9.17, 15) is 4.79 Å². The summed E-state index contributed by atoms with van der Waals surface area (Å²) in [4.78, 5) is 16.8.